The van der Waals surface area contributed by atoms with Gasteiger partial charge in [-0.15, -0.1) is 0 Å². The quantitative estimate of drug-likeness (QED) is 0.518. The lowest BCUT2D eigenvalue weighted by atomic mass is 10.2. The molecule has 0 spiro atoms. The number of hydrogen-bond acceptors (Lipinski definition) is 5. The van der Waals surface area contributed by atoms with E-state index in [0.29, 0.717) is 11.4 Å². The molecule has 1 aliphatic heterocycles. The van der Waals surface area contributed by atoms with Gasteiger partial charge in [0.25, 0.3) is 5.91 Å². The number of nitrogens with zero attached hydrogens (tertiary/aromatic N) is 1. The van der Waals surface area contributed by atoms with Crippen LogP contribution < -0.4 is 15.0 Å². The highest BCUT2D eigenvalue weighted by molar-refractivity contribution is 6.27. The number of ether oxygens (including phenoxy) is 2. The number of urea groups is 1. The zero-order chi connectivity index (χ0) is 16.3. The van der Waals surface area contributed by atoms with Crippen molar-refractivity contribution in [3.8, 4) is 5.75 Å². The Labute approximate surface area is 127 Å². The Morgan fingerprint density at radius 3 is 2.41 bits per heavy atom. The second kappa shape index (κ2) is 6.30. The van der Waals surface area contributed by atoms with Crippen molar-refractivity contribution in [2.75, 3.05) is 12.0 Å². The molecule has 0 aromatic heterocycles. The van der Waals surface area contributed by atoms with Crippen molar-refractivity contribution in [3.63, 3.8) is 0 Å². The van der Waals surface area contributed by atoms with Crippen molar-refractivity contribution in [2.45, 2.75) is 20.0 Å². The third-order valence-corrected chi connectivity index (χ3v) is 2.82. The molecule has 0 saturated carbocycles. The molecule has 3 amide bonds. The molecule has 22 heavy (non-hydrogen) atoms. The Kier molecular flexibility index (Phi) is 4.45. The summed E-state index contributed by atoms with van der Waals surface area (Å²) in [5, 5.41) is 2.35. The summed E-state index contributed by atoms with van der Waals surface area (Å²) in [6, 6.07) is 5.78. The summed E-state index contributed by atoms with van der Waals surface area (Å²) >= 11 is 0. The van der Waals surface area contributed by atoms with E-state index in [1.54, 1.807) is 38.1 Å². The van der Waals surface area contributed by atoms with Crippen molar-refractivity contribution in [1.29, 1.82) is 0 Å². The number of amides is 3. The minimum Gasteiger partial charge on any atom is -0.497 e. The van der Waals surface area contributed by atoms with E-state index in [1.165, 1.54) is 7.11 Å². The van der Waals surface area contributed by atoms with Crippen molar-refractivity contribution in [3.05, 3.63) is 36.0 Å². The van der Waals surface area contributed by atoms with Crippen LogP contribution in [0, 0.1) is 0 Å². The van der Waals surface area contributed by atoms with E-state index in [-0.39, 0.29) is 11.8 Å². The lowest BCUT2D eigenvalue weighted by Crippen LogP contribution is -2.30. The third-order valence-electron chi connectivity index (χ3n) is 2.82. The van der Waals surface area contributed by atoms with Gasteiger partial charge in [0.2, 0.25) is 0 Å². The average Bonchev–Trinajstić information content (AvgIpc) is 2.72. The molecule has 0 radical (unpaired) electrons. The molecule has 7 heteroatoms. The van der Waals surface area contributed by atoms with Crippen LogP contribution in [-0.4, -0.2) is 31.1 Å². The second-order valence-corrected chi connectivity index (χ2v) is 4.81. The second-order valence-electron chi connectivity index (χ2n) is 4.81. The molecule has 116 valence electrons. The molecule has 1 aliphatic rings. The lowest BCUT2D eigenvalue weighted by molar-refractivity contribution is -0.141. The number of carbonyl (C=O) groups is 3. The van der Waals surface area contributed by atoms with Gasteiger partial charge < -0.3 is 14.8 Å². The molecule has 1 fully saturated rings. The van der Waals surface area contributed by atoms with E-state index in [1.807, 2.05) is 0 Å². The first-order chi connectivity index (χ1) is 10.4. The van der Waals surface area contributed by atoms with Gasteiger partial charge in [0, 0.05) is 0 Å². The van der Waals surface area contributed by atoms with Crippen LogP contribution in [0.4, 0.5) is 10.5 Å². The zero-order valence-corrected chi connectivity index (χ0v) is 12.5. The number of benzene rings is 1. The standard InChI is InChI=1S/C15H16N2O5/c1-9(2)22-13(18)8-12-14(19)17(15(20)16-12)10-4-6-11(21-3)7-5-10/h4-9H,1-3H3,(H,16,20). The minimum atomic E-state index is -0.685. The summed E-state index contributed by atoms with van der Waals surface area (Å²) in [4.78, 5) is 36.6. The van der Waals surface area contributed by atoms with E-state index < -0.39 is 17.9 Å². The van der Waals surface area contributed by atoms with Crippen molar-refractivity contribution >= 4 is 23.6 Å². The van der Waals surface area contributed by atoms with Crippen LogP contribution in [0.15, 0.2) is 36.0 Å². The van der Waals surface area contributed by atoms with Crippen LogP contribution in [0.25, 0.3) is 0 Å². The zero-order valence-electron chi connectivity index (χ0n) is 12.5. The van der Waals surface area contributed by atoms with E-state index in [0.717, 1.165) is 11.0 Å². The number of anilines is 1. The number of esters is 1. The highest BCUT2D eigenvalue weighted by atomic mass is 16.5. The smallest absolute Gasteiger partial charge is 0.333 e. The maximum Gasteiger partial charge on any atom is 0.333 e. The van der Waals surface area contributed by atoms with Gasteiger partial charge in [0.1, 0.15) is 11.4 Å². The van der Waals surface area contributed by atoms with Gasteiger partial charge in [0.05, 0.1) is 25.0 Å². The summed E-state index contributed by atoms with van der Waals surface area (Å²) in [7, 11) is 1.52. The Morgan fingerprint density at radius 2 is 1.86 bits per heavy atom. The van der Waals surface area contributed by atoms with Crippen molar-refractivity contribution in [1.82, 2.24) is 5.32 Å². The molecule has 2 rings (SSSR count). The highest BCUT2D eigenvalue weighted by Crippen LogP contribution is 2.23. The third kappa shape index (κ3) is 3.25. The van der Waals surface area contributed by atoms with Gasteiger partial charge in [0.15, 0.2) is 0 Å². The van der Waals surface area contributed by atoms with Gasteiger partial charge in [-0.1, -0.05) is 0 Å². The van der Waals surface area contributed by atoms with Crippen LogP contribution >= 0.6 is 0 Å². The van der Waals surface area contributed by atoms with Crippen LogP contribution in [0.5, 0.6) is 5.75 Å². The van der Waals surface area contributed by atoms with Gasteiger partial charge in [-0.25, -0.2) is 14.5 Å². The molecule has 0 bridgehead atoms. The fourth-order valence-corrected chi connectivity index (χ4v) is 1.89. The molecular weight excluding hydrogens is 288 g/mol. The number of hydrogen-bond donors (Lipinski definition) is 1. The predicted octanol–water partition coefficient (Wildman–Crippen LogP) is 1.59. The van der Waals surface area contributed by atoms with E-state index in [4.69, 9.17) is 9.47 Å². The van der Waals surface area contributed by atoms with Gasteiger partial charge in [-0.05, 0) is 38.1 Å². The normalized spacial score (nSPS) is 16.2. The molecule has 1 heterocycles. The van der Waals surface area contributed by atoms with E-state index in [9.17, 15) is 14.4 Å². The summed E-state index contributed by atoms with van der Waals surface area (Å²) in [6.45, 7) is 3.38. The first-order valence-electron chi connectivity index (χ1n) is 6.64. The van der Waals surface area contributed by atoms with E-state index >= 15 is 0 Å². The molecule has 1 aromatic carbocycles. The highest BCUT2D eigenvalue weighted by Gasteiger charge is 2.35. The number of carbonyl (C=O) groups excluding carboxylic acids is 3. The summed E-state index contributed by atoms with van der Waals surface area (Å²) in [6.07, 6.45) is 0.665. The maximum atomic E-state index is 12.2. The number of rotatable bonds is 4. The molecule has 0 aliphatic carbocycles. The van der Waals surface area contributed by atoms with Crippen molar-refractivity contribution < 1.29 is 23.9 Å². The van der Waals surface area contributed by atoms with Crippen molar-refractivity contribution in [2.24, 2.45) is 0 Å². The van der Waals surface area contributed by atoms with Crippen LogP contribution in [0.3, 0.4) is 0 Å². The molecule has 1 N–H and O–H groups in total. The summed E-state index contributed by atoms with van der Waals surface area (Å²) in [5.41, 5.74) is 0.260. The van der Waals surface area contributed by atoms with Gasteiger partial charge in [-0.2, -0.15) is 0 Å². The number of imide groups is 1. The number of nitrogens with one attached hydrogen (secondary N) is 1. The summed E-state index contributed by atoms with van der Waals surface area (Å²) < 4.78 is 9.93. The van der Waals surface area contributed by atoms with E-state index in [2.05, 4.69) is 5.32 Å². The molecular formula is C15H16N2O5. The Balaban J connectivity index is 2.21. The Bertz CT molecular complexity index is 634. The maximum absolute atomic E-state index is 12.2. The fourth-order valence-electron chi connectivity index (χ4n) is 1.89. The molecule has 0 unspecified atom stereocenters. The average molecular weight is 304 g/mol. The first kappa shape index (κ1) is 15.6. The Morgan fingerprint density at radius 1 is 1.23 bits per heavy atom. The molecule has 1 saturated heterocycles. The lowest BCUT2D eigenvalue weighted by Gasteiger charge is -2.12. The monoisotopic (exact) mass is 304 g/mol. The SMILES string of the molecule is COc1ccc(N2C(=O)NC(=CC(=O)OC(C)C)C2=O)cc1. The number of methoxy groups -OCH3 is 1. The fraction of sp³-hybridized carbons (Fsp3) is 0.267. The van der Waals surface area contributed by atoms with Crippen LogP contribution in [0.1, 0.15) is 13.8 Å². The predicted molar refractivity (Wildman–Crippen MR) is 78.3 cm³/mol. The minimum absolute atomic E-state index is 0.119. The van der Waals surface area contributed by atoms with Crippen LogP contribution in [-0.2, 0) is 14.3 Å². The van der Waals surface area contributed by atoms with Crippen LogP contribution in [0.2, 0.25) is 0 Å². The molecule has 7 nitrogen and oxygen atoms in total. The molecule has 1 aromatic rings. The topological polar surface area (TPSA) is 84.9 Å². The summed E-state index contributed by atoms with van der Waals surface area (Å²) in [5.74, 6) is -0.696. The molecule has 0 atom stereocenters. The largest absolute Gasteiger partial charge is 0.497 e. The van der Waals surface area contributed by atoms with Gasteiger partial charge >= 0.3 is 12.0 Å². The first-order valence-corrected chi connectivity index (χ1v) is 6.64. The Hall–Kier alpha value is -2.83. The van der Waals surface area contributed by atoms with Gasteiger partial charge in [-0.3, -0.25) is 4.79 Å².